The van der Waals surface area contributed by atoms with Crippen molar-refractivity contribution >= 4 is 33.6 Å². The molecule has 0 bridgehead atoms. The van der Waals surface area contributed by atoms with E-state index in [4.69, 9.17) is 15.2 Å². The molecule has 0 saturated carbocycles. The number of hydrogen-bond donors (Lipinski definition) is 4. The monoisotopic (exact) mass is 651 g/mol. The second-order valence-electron chi connectivity index (χ2n) is 11.6. The quantitative estimate of drug-likeness (QED) is 0.216. The highest BCUT2D eigenvalue weighted by atomic mass is 32.2. The van der Waals surface area contributed by atoms with Gasteiger partial charge in [-0.25, -0.2) is 13.2 Å². The van der Waals surface area contributed by atoms with Gasteiger partial charge in [0.2, 0.25) is 28.6 Å². The number of rotatable bonds is 13. The zero-order valence-corrected chi connectivity index (χ0v) is 26.3. The minimum atomic E-state index is -4.09. The Morgan fingerprint density at radius 1 is 1.04 bits per heavy atom. The molecule has 14 heteroatoms. The molecule has 1 fully saturated rings. The summed E-state index contributed by atoms with van der Waals surface area (Å²) in [6.07, 6.45) is -1.13. The number of carbonyl (C=O) groups excluding carboxylic acids is 3. The second kappa shape index (κ2) is 13.8. The number of amides is 4. The highest BCUT2D eigenvalue weighted by Gasteiger charge is 2.37. The smallest absolute Gasteiger partial charge is 0.322 e. The molecule has 0 aliphatic carbocycles. The number of fused-ring (bicyclic) bond motifs is 1. The summed E-state index contributed by atoms with van der Waals surface area (Å²) in [7, 11) is -4.09. The maximum Gasteiger partial charge on any atom is 0.322 e. The predicted molar refractivity (Wildman–Crippen MR) is 169 cm³/mol. The van der Waals surface area contributed by atoms with Crippen LogP contribution in [0.4, 0.5) is 10.5 Å². The van der Waals surface area contributed by atoms with Gasteiger partial charge in [-0.2, -0.15) is 4.31 Å². The molecule has 5 rings (SSSR count). The molecule has 0 aromatic heterocycles. The molecule has 5 N–H and O–H groups in total. The van der Waals surface area contributed by atoms with Gasteiger partial charge in [0.15, 0.2) is 11.5 Å². The fraction of sp³-hybridized carbons (Fsp3) is 0.344. The van der Waals surface area contributed by atoms with Gasteiger partial charge in [0.05, 0.1) is 23.6 Å². The van der Waals surface area contributed by atoms with Crippen LogP contribution < -0.4 is 30.7 Å². The normalized spacial score (nSPS) is 17.2. The number of urea groups is 1. The highest BCUT2D eigenvalue weighted by molar-refractivity contribution is 7.89. The van der Waals surface area contributed by atoms with Crippen LogP contribution in [-0.4, -0.2) is 80.3 Å². The molecule has 244 valence electrons. The van der Waals surface area contributed by atoms with Gasteiger partial charge in [-0.1, -0.05) is 50.2 Å². The van der Waals surface area contributed by atoms with E-state index in [1.165, 1.54) is 39.5 Å². The number of primary amides is 1. The fourth-order valence-corrected chi connectivity index (χ4v) is 7.01. The van der Waals surface area contributed by atoms with E-state index in [1.807, 2.05) is 44.2 Å². The van der Waals surface area contributed by atoms with E-state index in [-0.39, 0.29) is 49.2 Å². The topological polar surface area (TPSA) is 181 Å². The predicted octanol–water partition coefficient (Wildman–Crippen LogP) is 1.85. The van der Waals surface area contributed by atoms with Crippen LogP contribution in [0.1, 0.15) is 29.8 Å². The van der Waals surface area contributed by atoms with Gasteiger partial charge in [-0.05, 0) is 48.2 Å². The maximum atomic E-state index is 13.8. The Labute approximate surface area is 267 Å². The van der Waals surface area contributed by atoms with Crippen molar-refractivity contribution in [2.75, 3.05) is 31.3 Å². The number of nitrogens with zero attached hydrogens (tertiary/aromatic N) is 2. The summed E-state index contributed by atoms with van der Waals surface area (Å²) in [4.78, 5) is 39.3. The average Bonchev–Trinajstić information content (AvgIpc) is 3.67. The molecule has 3 aromatic carbocycles. The van der Waals surface area contributed by atoms with E-state index in [2.05, 4.69) is 10.6 Å². The molecule has 4 amide bonds. The third kappa shape index (κ3) is 7.41. The summed E-state index contributed by atoms with van der Waals surface area (Å²) in [6, 6.07) is 17.3. The Kier molecular flexibility index (Phi) is 9.79. The Morgan fingerprint density at radius 2 is 1.78 bits per heavy atom. The summed E-state index contributed by atoms with van der Waals surface area (Å²) >= 11 is 0. The standard InChI is InChI=1S/C32H37N5O8S/c1-20(2)16-36(46(42,43)24-11-12-28-29(15-24)45-19-44-28)18-27(38)25(13-21-7-4-3-5-8-21)34-31(40)26-17-37(32(41)35-26)23-10-6-9-22(14-23)30(33)39/h3-12,14-15,20,25-27,38H,13,16-19H2,1-2H3,(H2,33,39)(H,34,40)(H,35,41)/t25-,26-,27+/m0/s1. The molecule has 0 spiro atoms. The Morgan fingerprint density at radius 3 is 2.50 bits per heavy atom. The van der Waals surface area contributed by atoms with E-state index in [1.54, 1.807) is 12.1 Å². The van der Waals surface area contributed by atoms with Gasteiger partial charge < -0.3 is 30.9 Å². The molecule has 2 aliphatic rings. The van der Waals surface area contributed by atoms with Crippen LogP contribution in [0.25, 0.3) is 0 Å². The lowest BCUT2D eigenvalue weighted by atomic mass is 10.0. The molecule has 46 heavy (non-hydrogen) atoms. The first-order valence-corrected chi connectivity index (χ1v) is 16.3. The molecular weight excluding hydrogens is 614 g/mol. The second-order valence-corrected chi connectivity index (χ2v) is 13.6. The number of sulfonamides is 1. The molecule has 3 aromatic rings. The van der Waals surface area contributed by atoms with E-state index in [0.717, 1.165) is 5.56 Å². The molecule has 3 atom stereocenters. The van der Waals surface area contributed by atoms with Crippen molar-refractivity contribution in [2.45, 2.75) is 43.4 Å². The van der Waals surface area contributed by atoms with Gasteiger partial charge in [-0.3, -0.25) is 14.5 Å². The summed E-state index contributed by atoms with van der Waals surface area (Å²) in [5.74, 6) is -0.533. The zero-order valence-electron chi connectivity index (χ0n) is 25.5. The molecule has 0 radical (unpaired) electrons. The van der Waals surface area contributed by atoms with Gasteiger partial charge in [0.25, 0.3) is 0 Å². The largest absolute Gasteiger partial charge is 0.454 e. The van der Waals surface area contributed by atoms with Crippen molar-refractivity contribution in [2.24, 2.45) is 11.7 Å². The lowest BCUT2D eigenvalue weighted by molar-refractivity contribution is -0.124. The van der Waals surface area contributed by atoms with E-state index < -0.39 is 46.1 Å². The van der Waals surface area contributed by atoms with Crippen LogP contribution in [0.2, 0.25) is 0 Å². The molecule has 2 aliphatic heterocycles. The molecule has 13 nitrogen and oxygen atoms in total. The Bertz CT molecular complexity index is 1700. The van der Waals surface area contributed by atoms with Crippen LogP contribution >= 0.6 is 0 Å². The number of anilines is 1. The van der Waals surface area contributed by atoms with Crippen LogP contribution in [0.3, 0.4) is 0 Å². The number of nitrogens with one attached hydrogen (secondary N) is 2. The Balaban J connectivity index is 1.35. The summed E-state index contributed by atoms with van der Waals surface area (Å²) < 4.78 is 39.6. The van der Waals surface area contributed by atoms with Crippen molar-refractivity contribution in [1.29, 1.82) is 0 Å². The number of aliphatic hydroxyl groups excluding tert-OH is 1. The number of aliphatic hydroxyl groups is 1. The summed E-state index contributed by atoms with van der Waals surface area (Å²) in [5, 5.41) is 17.1. The molecule has 2 heterocycles. The van der Waals surface area contributed by atoms with Crippen LogP contribution in [0.15, 0.2) is 77.7 Å². The van der Waals surface area contributed by atoms with Crippen molar-refractivity contribution in [3.05, 3.63) is 83.9 Å². The van der Waals surface area contributed by atoms with Gasteiger partial charge >= 0.3 is 6.03 Å². The maximum absolute atomic E-state index is 13.8. The Hall–Kier alpha value is -4.66. The third-order valence-corrected chi connectivity index (χ3v) is 9.53. The molecule has 0 unspecified atom stereocenters. The SMILES string of the molecule is CC(C)CN(C[C@@H](O)[C@H](Cc1ccccc1)NC(=O)[C@@H]1CN(c2cccc(C(N)=O)c2)C(=O)N1)S(=O)(=O)c1ccc2c(c1)OCO2. The summed E-state index contributed by atoms with van der Waals surface area (Å²) in [6.45, 7) is 3.48. The van der Waals surface area contributed by atoms with Gasteiger partial charge in [-0.15, -0.1) is 0 Å². The number of ether oxygens (including phenoxy) is 2. The van der Waals surface area contributed by atoms with Crippen LogP contribution in [0.5, 0.6) is 11.5 Å². The summed E-state index contributed by atoms with van der Waals surface area (Å²) in [5.41, 5.74) is 6.79. The highest BCUT2D eigenvalue weighted by Crippen LogP contribution is 2.35. The van der Waals surface area contributed by atoms with Crippen LogP contribution in [0, 0.1) is 5.92 Å². The minimum Gasteiger partial charge on any atom is -0.454 e. The first-order valence-electron chi connectivity index (χ1n) is 14.8. The lowest BCUT2D eigenvalue weighted by Gasteiger charge is -2.31. The number of hydrogen-bond acceptors (Lipinski definition) is 8. The van der Waals surface area contributed by atoms with Crippen molar-refractivity contribution in [3.8, 4) is 11.5 Å². The lowest BCUT2D eigenvalue weighted by Crippen LogP contribution is -2.54. The van der Waals surface area contributed by atoms with E-state index in [9.17, 15) is 27.9 Å². The molecular formula is C32H37N5O8S. The van der Waals surface area contributed by atoms with E-state index in [0.29, 0.717) is 17.2 Å². The zero-order chi connectivity index (χ0) is 33.0. The van der Waals surface area contributed by atoms with Gasteiger partial charge in [0.1, 0.15) is 6.04 Å². The first kappa shape index (κ1) is 32.7. The molecule has 1 saturated heterocycles. The number of nitrogens with two attached hydrogens (primary N) is 1. The third-order valence-electron chi connectivity index (χ3n) is 7.70. The fourth-order valence-electron chi connectivity index (χ4n) is 5.37. The van der Waals surface area contributed by atoms with Crippen LogP contribution in [-0.2, 0) is 21.2 Å². The minimum absolute atomic E-state index is 0.00686. The van der Waals surface area contributed by atoms with Crippen molar-refractivity contribution in [3.63, 3.8) is 0 Å². The van der Waals surface area contributed by atoms with Crippen molar-refractivity contribution < 1.29 is 37.4 Å². The average molecular weight is 652 g/mol. The number of carbonyl (C=O) groups is 3. The van der Waals surface area contributed by atoms with E-state index >= 15 is 0 Å². The number of benzene rings is 3. The first-order chi connectivity index (χ1) is 21.9. The van der Waals surface area contributed by atoms with Crippen molar-refractivity contribution in [1.82, 2.24) is 14.9 Å². The van der Waals surface area contributed by atoms with Gasteiger partial charge in [0, 0.05) is 30.4 Å².